The maximum atomic E-state index is 12.4. The first-order valence-corrected chi connectivity index (χ1v) is 12.8. The Morgan fingerprint density at radius 2 is 1.93 bits per heavy atom. The van der Waals surface area contributed by atoms with Crippen LogP contribution in [0.3, 0.4) is 0 Å². The standard InChI is InChI=1S/C20H22N2O3S3/c1-3-11-22-17-10-9-16(26-2)12-18(17)27-20(22)21-19(23)14-28(24,25)13-15-7-5-4-6-8-15/h4-10,12H,3,11,13-14H2,1-2H3. The zero-order valence-electron chi connectivity index (χ0n) is 15.8. The fourth-order valence-corrected chi connectivity index (χ4v) is 5.78. The number of hydrogen-bond donors (Lipinski definition) is 0. The number of aryl methyl sites for hydroxylation is 1. The van der Waals surface area contributed by atoms with E-state index in [-0.39, 0.29) is 5.75 Å². The van der Waals surface area contributed by atoms with Crippen molar-refractivity contribution in [3.63, 3.8) is 0 Å². The van der Waals surface area contributed by atoms with Gasteiger partial charge in [0, 0.05) is 11.4 Å². The molecule has 0 N–H and O–H groups in total. The summed E-state index contributed by atoms with van der Waals surface area (Å²) in [4.78, 5) is 18.3. The molecule has 1 amide bonds. The summed E-state index contributed by atoms with van der Waals surface area (Å²) in [6.07, 6.45) is 2.91. The van der Waals surface area contributed by atoms with Crippen molar-refractivity contribution in [1.82, 2.24) is 4.57 Å². The van der Waals surface area contributed by atoms with Crippen LogP contribution in [0, 0.1) is 0 Å². The van der Waals surface area contributed by atoms with Crippen LogP contribution in [0.25, 0.3) is 10.2 Å². The van der Waals surface area contributed by atoms with Gasteiger partial charge in [0.2, 0.25) is 0 Å². The van der Waals surface area contributed by atoms with E-state index in [1.807, 2.05) is 29.0 Å². The van der Waals surface area contributed by atoms with E-state index in [2.05, 4.69) is 18.0 Å². The summed E-state index contributed by atoms with van der Waals surface area (Å²) in [5.41, 5.74) is 1.69. The third kappa shape index (κ3) is 5.12. The van der Waals surface area contributed by atoms with Crippen molar-refractivity contribution in [2.24, 2.45) is 4.99 Å². The van der Waals surface area contributed by atoms with Crippen molar-refractivity contribution in [3.05, 3.63) is 58.9 Å². The molecule has 5 nitrogen and oxygen atoms in total. The molecule has 0 aliphatic carbocycles. The molecule has 8 heteroatoms. The average molecular weight is 435 g/mol. The Labute approximate surface area is 173 Å². The number of sulfone groups is 1. The molecule has 0 spiro atoms. The lowest BCUT2D eigenvalue weighted by Gasteiger charge is -2.04. The second kappa shape index (κ2) is 9.07. The van der Waals surface area contributed by atoms with Crippen molar-refractivity contribution in [1.29, 1.82) is 0 Å². The molecule has 0 aliphatic rings. The Morgan fingerprint density at radius 3 is 2.61 bits per heavy atom. The molecule has 0 unspecified atom stereocenters. The van der Waals surface area contributed by atoms with Crippen LogP contribution in [0.1, 0.15) is 18.9 Å². The molecule has 28 heavy (non-hydrogen) atoms. The number of carbonyl (C=O) groups excluding carboxylic acids is 1. The minimum atomic E-state index is -3.57. The molecule has 0 radical (unpaired) electrons. The lowest BCUT2D eigenvalue weighted by atomic mass is 10.2. The van der Waals surface area contributed by atoms with Crippen molar-refractivity contribution in [2.75, 3.05) is 12.0 Å². The second-order valence-electron chi connectivity index (χ2n) is 6.39. The van der Waals surface area contributed by atoms with E-state index < -0.39 is 21.5 Å². The largest absolute Gasteiger partial charge is 0.316 e. The number of fused-ring (bicyclic) bond motifs is 1. The van der Waals surface area contributed by atoms with Gasteiger partial charge < -0.3 is 4.57 Å². The molecule has 1 aromatic heterocycles. The van der Waals surface area contributed by atoms with E-state index in [4.69, 9.17) is 0 Å². The highest BCUT2D eigenvalue weighted by molar-refractivity contribution is 7.98. The molecule has 0 saturated carbocycles. The Kier molecular flexibility index (Phi) is 6.74. The molecule has 0 aliphatic heterocycles. The van der Waals surface area contributed by atoms with Crippen molar-refractivity contribution in [2.45, 2.75) is 30.5 Å². The molecule has 3 rings (SSSR count). The SMILES string of the molecule is CCCn1c(=NC(=O)CS(=O)(=O)Cc2ccccc2)sc2cc(SC)ccc21. The first-order chi connectivity index (χ1) is 13.4. The van der Waals surface area contributed by atoms with Crippen LogP contribution in [-0.4, -0.2) is 30.9 Å². The van der Waals surface area contributed by atoms with Crippen LogP contribution in [0.4, 0.5) is 0 Å². The van der Waals surface area contributed by atoms with Gasteiger partial charge in [-0.1, -0.05) is 48.6 Å². The fraction of sp³-hybridized carbons (Fsp3) is 0.300. The van der Waals surface area contributed by atoms with Crippen molar-refractivity contribution >= 4 is 49.1 Å². The van der Waals surface area contributed by atoms with Gasteiger partial charge in [0.1, 0.15) is 5.75 Å². The highest BCUT2D eigenvalue weighted by Gasteiger charge is 2.18. The zero-order chi connectivity index (χ0) is 20.1. The number of benzene rings is 2. The number of thiazole rings is 1. The third-order valence-electron chi connectivity index (χ3n) is 4.13. The van der Waals surface area contributed by atoms with Crippen LogP contribution in [-0.2, 0) is 26.9 Å². The minimum absolute atomic E-state index is 0.159. The smallest absolute Gasteiger partial charge is 0.263 e. The van der Waals surface area contributed by atoms with Gasteiger partial charge in [-0.25, -0.2) is 8.42 Å². The summed E-state index contributed by atoms with van der Waals surface area (Å²) in [7, 11) is -3.57. The summed E-state index contributed by atoms with van der Waals surface area (Å²) in [5.74, 6) is -1.37. The molecule has 0 atom stereocenters. The quantitative estimate of drug-likeness (QED) is 0.529. The van der Waals surface area contributed by atoms with Gasteiger partial charge in [-0.05, 0) is 36.4 Å². The number of hydrogen-bond acceptors (Lipinski definition) is 5. The minimum Gasteiger partial charge on any atom is -0.316 e. The molecule has 148 valence electrons. The van der Waals surface area contributed by atoms with Crippen LogP contribution in [0.5, 0.6) is 0 Å². The van der Waals surface area contributed by atoms with Crippen molar-refractivity contribution in [3.8, 4) is 0 Å². The molecule has 2 aromatic carbocycles. The Hall–Kier alpha value is -1.90. The number of thioether (sulfide) groups is 1. The van der Waals surface area contributed by atoms with Crippen LogP contribution < -0.4 is 4.80 Å². The van der Waals surface area contributed by atoms with E-state index in [1.165, 1.54) is 11.3 Å². The van der Waals surface area contributed by atoms with E-state index in [1.54, 1.807) is 36.0 Å². The molecule has 0 saturated heterocycles. The molecule has 3 aromatic rings. The zero-order valence-corrected chi connectivity index (χ0v) is 18.2. The van der Waals surface area contributed by atoms with Gasteiger partial charge in [0.05, 0.1) is 16.0 Å². The average Bonchev–Trinajstić information content (AvgIpc) is 2.98. The van der Waals surface area contributed by atoms with Crippen LogP contribution in [0.2, 0.25) is 0 Å². The Morgan fingerprint density at radius 1 is 1.18 bits per heavy atom. The predicted molar refractivity (Wildman–Crippen MR) is 116 cm³/mol. The fourth-order valence-electron chi connectivity index (χ4n) is 2.91. The van der Waals surface area contributed by atoms with E-state index in [0.29, 0.717) is 10.4 Å². The van der Waals surface area contributed by atoms with Crippen molar-refractivity contribution < 1.29 is 13.2 Å². The summed E-state index contributed by atoms with van der Waals surface area (Å²) in [6, 6.07) is 15.0. The van der Waals surface area contributed by atoms with Gasteiger partial charge >= 0.3 is 0 Å². The van der Waals surface area contributed by atoms with E-state index >= 15 is 0 Å². The maximum absolute atomic E-state index is 12.4. The second-order valence-corrected chi connectivity index (χ2v) is 10.3. The summed E-state index contributed by atoms with van der Waals surface area (Å²) in [6.45, 7) is 2.78. The molecule has 0 fully saturated rings. The van der Waals surface area contributed by atoms with E-state index in [0.717, 1.165) is 28.1 Å². The number of amides is 1. The summed E-state index contributed by atoms with van der Waals surface area (Å²) < 4.78 is 27.8. The lowest BCUT2D eigenvalue weighted by Crippen LogP contribution is -2.21. The number of carbonyl (C=O) groups is 1. The normalized spacial score (nSPS) is 12.6. The van der Waals surface area contributed by atoms with Crippen LogP contribution in [0.15, 0.2) is 58.4 Å². The van der Waals surface area contributed by atoms with Gasteiger partial charge in [0.15, 0.2) is 14.6 Å². The Balaban J connectivity index is 1.90. The van der Waals surface area contributed by atoms with Crippen LogP contribution >= 0.6 is 23.1 Å². The first kappa shape index (κ1) is 20.8. The van der Waals surface area contributed by atoms with Gasteiger partial charge in [0.25, 0.3) is 5.91 Å². The Bertz CT molecular complexity index is 1150. The van der Waals surface area contributed by atoms with E-state index in [9.17, 15) is 13.2 Å². The number of aromatic nitrogens is 1. The van der Waals surface area contributed by atoms with Gasteiger partial charge in [-0.15, -0.1) is 11.8 Å². The topological polar surface area (TPSA) is 68.5 Å². The number of rotatable bonds is 7. The first-order valence-electron chi connectivity index (χ1n) is 8.91. The molecular weight excluding hydrogens is 412 g/mol. The highest BCUT2D eigenvalue weighted by atomic mass is 32.2. The lowest BCUT2D eigenvalue weighted by molar-refractivity contribution is -0.115. The molecule has 0 bridgehead atoms. The summed E-state index contributed by atoms with van der Waals surface area (Å²) >= 11 is 3.07. The maximum Gasteiger partial charge on any atom is 0.263 e. The van der Waals surface area contributed by atoms with Gasteiger partial charge in [-0.3, -0.25) is 4.79 Å². The molecule has 1 heterocycles. The summed E-state index contributed by atoms with van der Waals surface area (Å²) in [5, 5.41) is 0. The third-order valence-corrected chi connectivity index (χ3v) is 7.36. The highest BCUT2D eigenvalue weighted by Crippen LogP contribution is 2.24. The number of nitrogens with zero attached hydrogens (tertiary/aromatic N) is 2. The monoisotopic (exact) mass is 434 g/mol. The molecular formula is C20H22N2O3S3. The predicted octanol–water partition coefficient (Wildman–Crippen LogP) is 3.88. The van der Waals surface area contributed by atoms with Gasteiger partial charge in [-0.2, -0.15) is 4.99 Å².